The van der Waals surface area contributed by atoms with E-state index in [1.165, 1.54) is 0 Å². The van der Waals surface area contributed by atoms with Crippen LogP contribution in [0.25, 0.3) is 0 Å². The average molecular weight is 320 g/mol. The molecule has 1 aromatic carbocycles. The summed E-state index contributed by atoms with van der Waals surface area (Å²) >= 11 is 0. The van der Waals surface area contributed by atoms with Crippen molar-refractivity contribution in [3.05, 3.63) is 24.3 Å². The third kappa shape index (κ3) is 3.87. The van der Waals surface area contributed by atoms with E-state index in [0.29, 0.717) is 5.75 Å². The van der Waals surface area contributed by atoms with Gasteiger partial charge in [-0.2, -0.15) is 0 Å². The second-order valence-corrected chi connectivity index (χ2v) is 7.63. The van der Waals surface area contributed by atoms with Crippen molar-refractivity contribution in [3.8, 4) is 5.75 Å². The van der Waals surface area contributed by atoms with Crippen LogP contribution in [0, 0.1) is 0 Å². The van der Waals surface area contributed by atoms with Crippen molar-refractivity contribution >= 4 is 18.6 Å². The van der Waals surface area contributed by atoms with Crippen LogP contribution >= 0.6 is 0 Å². The van der Waals surface area contributed by atoms with Crippen molar-refractivity contribution < 1.29 is 23.9 Å². The predicted molar refractivity (Wildman–Crippen MR) is 89.1 cm³/mol. The summed E-state index contributed by atoms with van der Waals surface area (Å²) in [5.74, 6) is -0.232. The Bertz CT molecular complexity index is 593. The zero-order chi connectivity index (χ0) is 17.5. The molecule has 1 aromatic rings. The van der Waals surface area contributed by atoms with Gasteiger partial charge in [0, 0.05) is 5.46 Å². The van der Waals surface area contributed by atoms with Crippen molar-refractivity contribution in [2.75, 3.05) is 0 Å². The molecule has 0 spiro atoms. The normalized spacial score (nSPS) is 23.8. The van der Waals surface area contributed by atoms with E-state index in [9.17, 15) is 9.90 Å². The number of ether oxygens (including phenoxy) is 1. The summed E-state index contributed by atoms with van der Waals surface area (Å²) in [6.45, 7) is 11.4. The molecule has 126 valence electrons. The summed E-state index contributed by atoms with van der Waals surface area (Å²) in [6, 6.07) is 7.53. The van der Waals surface area contributed by atoms with Gasteiger partial charge in [0.2, 0.25) is 0 Å². The molecule has 0 saturated carbocycles. The third-order valence-corrected chi connectivity index (χ3v) is 4.12. The monoisotopic (exact) mass is 320 g/mol. The predicted octanol–water partition coefficient (Wildman–Crippen LogP) is 2.62. The van der Waals surface area contributed by atoms with Crippen LogP contribution < -0.4 is 10.2 Å². The van der Waals surface area contributed by atoms with Crippen LogP contribution in [0.3, 0.4) is 0 Å². The number of carbonyl (C=O) groups is 1. The summed E-state index contributed by atoms with van der Waals surface area (Å²) in [6.07, 6.45) is -0.126. The van der Waals surface area contributed by atoms with Gasteiger partial charge in [-0.25, -0.2) is 0 Å². The maximum absolute atomic E-state index is 11.2. The van der Waals surface area contributed by atoms with E-state index in [1.807, 2.05) is 58.9 Å². The van der Waals surface area contributed by atoms with Gasteiger partial charge in [0.1, 0.15) is 11.4 Å². The topological polar surface area (TPSA) is 65.0 Å². The van der Waals surface area contributed by atoms with Gasteiger partial charge in [-0.1, -0.05) is 18.2 Å². The van der Waals surface area contributed by atoms with Gasteiger partial charge in [0.05, 0.1) is 17.6 Å². The Hall–Kier alpha value is -1.53. The van der Waals surface area contributed by atoms with Gasteiger partial charge in [-0.05, 0) is 47.6 Å². The molecule has 1 unspecified atom stereocenters. The lowest BCUT2D eigenvalue weighted by Crippen LogP contribution is -2.46. The zero-order valence-corrected chi connectivity index (χ0v) is 14.7. The molecule has 0 aromatic heterocycles. The summed E-state index contributed by atoms with van der Waals surface area (Å²) in [5.41, 5.74) is -1.23. The zero-order valence-electron chi connectivity index (χ0n) is 14.7. The number of benzene rings is 1. The molecule has 1 heterocycles. The molecule has 1 fully saturated rings. The Labute approximate surface area is 138 Å². The molecule has 23 heavy (non-hydrogen) atoms. The van der Waals surface area contributed by atoms with Crippen LogP contribution in [0.5, 0.6) is 5.75 Å². The van der Waals surface area contributed by atoms with Crippen LogP contribution in [-0.4, -0.2) is 35.0 Å². The van der Waals surface area contributed by atoms with Gasteiger partial charge in [-0.15, -0.1) is 0 Å². The second kappa shape index (κ2) is 5.84. The SMILES string of the molecule is CC(C)(C)Oc1ccccc1B1OC(C)(C)C(C)(CC(=O)O)O1. The number of para-hydroxylation sites is 1. The van der Waals surface area contributed by atoms with Crippen molar-refractivity contribution in [2.24, 2.45) is 0 Å². The first-order valence-corrected chi connectivity index (χ1v) is 7.79. The number of carboxylic acids is 1. The lowest BCUT2D eigenvalue weighted by Gasteiger charge is -2.34. The molecule has 0 amide bonds. The molecule has 1 atom stereocenters. The van der Waals surface area contributed by atoms with Gasteiger partial charge in [0.15, 0.2) is 0 Å². The lowest BCUT2D eigenvalue weighted by atomic mass is 9.78. The fourth-order valence-electron chi connectivity index (χ4n) is 2.56. The van der Waals surface area contributed by atoms with Crippen LogP contribution in [0.4, 0.5) is 0 Å². The highest BCUT2D eigenvalue weighted by Crippen LogP contribution is 2.40. The molecule has 0 bridgehead atoms. The quantitative estimate of drug-likeness (QED) is 0.864. The summed E-state index contributed by atoms with van der Waals surface area (Å²) in [4.78, 5) is 11.2. The summed E-state index contributed by atoms with van der Waals surface area (Å²) < 4.78 is 18.1. The first-order chi connectivity index (χ1) is 10.4. The highest BCUT2D eigenvalue weighted by atomic mass is 16.7. The van der Waals surface area contributed by atoms with E-state index in [1.54, 1.807) is 6.92 Å². The Morgan fingerprint density at radius 1 is 1.22 bits per heavy atom. The highest BCUT2D eigenvalue weighted by Gasteiger charge is 2.56. The minimum atomic E-state index is -0.918. The Kier molecular flexibility index (Phi) is 4.52. The molecule has 2 rings (SSSR count). The van der Waals surface area contributed by atoms with E-state index < -0.39 is 24.3 Å². The smallest absolute Gasteiger partial charge is 0.489 e. The lowest BCUT2D eigenvalue weighted by molar-refractivity contribution is -0.143. The largest absolute Gasteiger partial charge is 0.498 e. The number of hydrogen-bond donors (Lipinski definition) is 1. The molecule has 1 saturated heterocycles. The van der Waals surface area contributed by atoms with E-state index in [0.717, 1.165) is 5.46 Å². The van der Waals surface area contributed by atoms with Crippen molar-refractivity contribution in [1.29, 1.82) is 0 Å². The van der Waals surface area contributed by atoms with Crippen molar-refractivity contribution in [2.45, 2.75) is 64.8 Å². The number of rotatable bonds is 4. The average Bonchev–Trinajstić information content (AvgIpc) is 2.57. The van der Waals surface area contributed by atoms with Gasteiger partial charge < -0.3 is 19.2 Å². The van der Waals surface area contributed by atoms with Crippen LogP contribution in [-0.2, 0) is 14.1 Å². The first kappa shape index (κ1) is 17.8. The van der Waals surface area contributed by atoms with Gasteiger partial charge in [-0.3, -0.25) is 4.79 Å². The molecule has 1 N–H and O–H groups in total. The Morgan fingerprint density at radius 2 is 1.83 bits per heavy atom. The molecule has 5 nitrogen and oxygen atoms in total. The molecular weight excluding hydrogens is 295 g/mol. The standard InChI is InChI=1S/C17H25BO5/c1-15(2,3)21-13-10-8-7-9-12(13)18-22-16(4,5)17(6,23-18)11-14(19)20/h7-10H,11H2,1-6H3,(H,19,20). The van der Waals surface area contributed by atoms with Gasteiger partial charge >= 0.3 is 13.1 Å². The molecular formula is C17H25BO5. The third-order valence-electron chi connectivity index (χ3n) is 4.12. The summed E-state index contributed by atoms with van der Waals surface area (Å²) in [5, 5.41) is 9.18. The second-order valence-electron chi connectivity index (χ2n) is 7.63. The van der Waals surface area contributed by atoms with E-state index in [-0.39, 0.29) is 12.0 Å². The van der Waals surface area contributed by atoms with Crippen molar-refractivity contribution in [3.63, 3.8) is 0 Å². The Morgan fingerprint density at radius 3 is 2.39 bits per heavy atom. The van der Waals surface area contributed by atoms with E-state index in [2.05, 4.69) is 0 Å². The van der Waals surface area contributed by atoms with Gasteiger partial charge in [0.25, 0.3) is 0 Å². The van der Waals surface area contributed by atoms with Crippen LogP contribution in [0.15, 0.2) is 24.3 Å². The van der Waals surface area contributed by atoms with Crippen molar-refractivity contribution in [1.82, 2.24) is 0 Å². The molecule has 1 aliphatic heterocycles. The summed E-state index contributed by atoms with van der Waals surface area (Å²) in [7, 11) is -0.659. The number of hydrogen-bond acceptors (Lipinski definition) is 4. The van der Waals surface area contributed by atoms with Crippen LogP contribution in [0.2, 0.25) is 0 Å². The number of aliphatic carboxylic acids is 1. The Balaban J connectivity index is 2.33. The van der Waals surface area contributed by atoms with E-state index in [4.69, 9.17) is 14.0 Å². The molecule has 0 radical (unpaired) electrons. The number of carboxylic acid groups (broad SMARTS) is 1. The molecule has 1 aliphatic rings. The maximum atomic E-state index is 11.2. The van der Waals surface area contributed by atoms with E-state index >= 15 is 0 Å². The molecule has 6 heteroatoms. The minimum absolute atomic E-state index is 0.126. The minimum Gasteiger partial charge on any atom is -0.489 e. The fourth-order valence-corrected chi connectivity index (χ4v) is 2.56. The maximum Gasteiger partial charge on any atom is 0.498 e. The van der Waals surface area contributed by atoms with Crippen LogP contribution in [0.1, 0.15) is 48.0 Å². The fraction of sp³-hybridized carbons (Fsp3) is 0.588. The first-order valence-electron chi connectivity index (χ1n) is 7.79. The highest BCUT2D eigenvalue weighted by molar-refractivity contribution is 6.63. The molecule has 0 aliphatic carbocycles.